The molecular weight excluding hydrogens is 200 g/mol. The molecule has 0 aromatic heterocycles. The Kier molecular flexibility index (Phi) is 6.76. The van der Waals surface area contributed by atoms with Crippen LogP contribution in [0.5, 0.6) is 0 Å². The smallest absolute Gasteiger partial charge is 0.332 e. The summed E-state index contributed by atoms with van der Waals surface area (Å²) in [6, 6.07) is -0.428. The highest BCUT2D eigenvalue weighted by molar-refractivity contribution is 5.74. The Bertz CT molecular complexity index is 259. The van der Waals surface area contributed by atoms with Crippen molar-refractivity contribution in [3.63, 3.8) is 0 Å². The van der Waals surface area contributed by atoms with Gasteiger partial charge in [0.1, 0.15) is 0 Å². The number of carbonyl (C=O) groups is 2. The first-order valence-electron chi connectivity index (χ1n) is 4.44. The molecule has 4 N–H and O–H groups in total. The van der Waals surface area contributed by atoms with E-state index in [0.717, 1.165) is 0 Å². The molecule has 0 saturated carbocycles. The average Bonchev–Trinajstić information content (AvgIpc) is 2.18. The fraction of sp³-hybridized carbons (Fsp3) is 0.556. The van der Waals surface area contributed by atoms with Gasteiger partial charge in [0.15, 0.2) is 6.10 Å². The minimum atomic E-state index is -1.45. The lowest BCUT2D eigenvalue weighted by atomic mass is 10.2. The van der Waals surface area contributed by atoms with Gasteiger partial charge in [-0.05, 0) is 0 Å². The highest BCUT2D eigenvalue weighted by Crippen LogP contribution is 1.88. The monoisotopic (exact) mass is 214 g/mol. The molecule has 0 saturated heterocycles. The number of amides is 2. The van der Waals surface area contributed by atoms with Crippen LogP contribution in [0.25, 0.3) is 0 Å². The predicted molar refractivity (Wildman–Crippen MR) is 53.1 cm³/mol. The summed E-state index contributed by atoms with van der Waals surface area (Å²) in [7, 11) is 0. The molecule has 1 unspecified atom stereocenters. The number of terminal acetylenes is 1. The second-order valence-electron chi connectivity index (χ2n) is 2.78. The molecule has 1 atom stereocenters. The van der Waals surface area contributed by atoms with Gasteiger partial charge in [-0.15, -0.1) is 12.3 Å². The van der Waals surface area contributed by atoms with Crippen LogP contribution in [0.1, 0.15) is 12.8 Å². The van der Waals surface area contributed by atoms with Crippen molar-refractivity contribution < 1.29 is 19.8 Å². The van der Waals surface area contributed by atoms with E-state index < -0.39 is 18.1 Å². The van der Waals surface area contributed by atoms with Gasteiger partial charge in [0.25, 0.3) is 0 Å². The van der Waals surface area contributed by atoms with E-state index in [4.69, 9.17) is 16.6 Å². The van der Waals surface area contributed by atoms with Gasteiger partial charge in [0, 0.05) is 25.9 Å². The van der Waals surface area contributed by atoms with Crippen LogP contribution in [-0.4, -0.2) is 41.4 Å². The number of urea groups is 1. The second kappa shape index (κ2) is 7.64. The van der Waals surface area contributed by atoms with Crippen LogP contribution in [0, 0.1) is 12.3 Å². The third kappa shape index (κ3) is 7.34. The van der Waals surface area contributed by atoms with Gasteiger partial charge in [0.2, 0.25) is 0 Å². The van der Waals surface area contributed by atoms with Gasteiger partial charge in [0.05, 0.1) is 0 Å². The van der Waals surface area contributed by atoms with E-state index in [0.29, 0.717) is 13.0 Å². The maximum atomic E-state index is 10.9. The number of hydrogen-bond donors (Lipinski definition) is 4. The average molecular weight is 214 g/mol. The molecule has 2 amide bonds. The standard InChI is InChI=1S/C9H14N2O4/c1-2-3-5-10-9(15)11-6-4-7(12)8(13)14/h1,7,12H,3-6H2,(H,13,14)(H2,10,11,15). The highest BCUT2D eigenvalue weighted by Gasteiger charge is 2.12. The van der Waals surface area contributed by atoms with Crippen molar-refractivity contribution in [1.82, 2.24) is 10.6 Å². The van der Waals surface area contributed by atoms with Crippen molar-refractivity contribution in [2.24, 2.45) is 0 Å². The molecule has 0 heterocycles. The molecule has 0 spiro atoms. The van der Waals surface area contributed by atoms with Crippen molar-refractivity contribution in [2.75, 3.05) is 13.1 Å². The third-order valence-corrected chi connectivity index (χ3v) is 1.54. The number of rotatable bonds is 6. The van der Waals surface area contributed by atoms with Crippen LogP contribution in [0.2, 0.25) is 0 Å². The number of aliphatic hydroxyl groups is 1. The largest absolute Gasteiger partial charge is 0.479 e. The summed E-state index contributed by atoms with van der Waals surface area (Å²) < 4.78 is 0. The Morgan fingerprint density at radius 3 is 2.47 bits per heavy atom. The van der Waals surface area contributed by atoms with Gasteiger partial charge in [-0.1, -0.05) is 0 Å². The van der Waals surface area contributed by atoms with Gasteiger partial charge in [-0.25, -0.2) is 9.59 Å². The van der Waals surface area contributed by atoms with Gasteiger partial charge >= 0.3 is 12.0 Å². The molecule has 0 aromatic rings. The molecule has 0 rings (SSSR count). The van der Waals surface area contributed by atoms with Crippen molar-refractivity contribution in [1.29, 1.82) is 0 Å². The molecule has 6 nitrogen and oxygen atoms in total. The summed E-state index contributed by atoms with van der Waals surface area (Å²) in [4.78, 5) is 21.1. The molecule has 0 bridgehead atoms. The van der Waals surface area contributed by atoms with Crippen LogP contribution in [0.3, 0.4) is 0 Å². The summed E-state index contributed by atoms with van der Waals surface area (Å²) in [6.07, 6.45) is 3.93. The van der Waals surface area contributed by atoms with E-state index in [1.165, 1.54) is 0 Å². The summed E-state index contributed by atoms with van der Waals surface area (Å²) in [5, 5.41) is 22.0. The molecule has 15 heavy (non-hydrogen) atoms. The molecule has 0 aromatic carbocycles. The Labute approximate surface area is 87.7 Å². The topological polar surface area (TPSA) is 98.7 Å². The summed E-state index contributed by atoms with van der Waals surface area (Å²) in [5.74, 6) is 1.05. The zero-order valence-electron chi connectivity index (χ0n) is 8.19. The number of nitrogens with one attached hydrogen (secondary N) is 2. The first kappa shape index (κ1) is 13.3. The molecule has 0 radical (unpaired) electrons. The fourth-order valence-electron chi connectivity index (χ4n) is 0.757. The van der Waals surface area contributed by atoms with Gasteiger partial charge < -0.3 is 20.8 Å². The Balaban J connectivity index is 3.47. The van der Waals surface area contributed by atoms with Crippen molar-refractivity contribution in [2.45, 2.75) is 18.9 Å². The van der Waals surface area contributed by atoms with E-state index in [2.05, 4.69) is 16.6 Å². The van der Waals surface area contributed by atoms with Gasteiger partial charge in [-0.2, -0.15) is 0 Å². The van der Waals surface area contributed by atoms with E-state index >= 15 is 0 Å². The minimum Gasteiger partial charge on any atom is -0.479 e. The highest BCUT2D eigenvalue weighted by atomic mass is 16.4. The predicted octanol–water partition coefficient (Wildman–Crippen LogP) is -0.856. The van der Waals surface area contributed by atoms with Crippen LogP contribution in [-0.2, 0) is 4.79 Å². The van der Waals surface area contributed by atoms with E-state index in [-0.39, 0.29) is 13.0 Å². The number of carbonyl (C=O) groups excluding carboxylic acids is 1. The van der Waals surface area contributed by atoms with E-state index in [1.54, 1.807) is 0 Å². The molecule has 0 aliphatic heterocycles. The van der Waals surface area contributed by atoms with Crippen LogP contribution in [0.15, 0.2) is 0 Å². The van der Waals surface area contributed by atoms with Gasteiger partial charge in [-0.3, -0.25) is 0 Å². The Morgan fingerprint density at radius 2 is 1.93 bits per heavy atom. The Morgan fingerprint density at radius 1 is 1.33 bits per heavy atom. The number of carboxylic acid groups (broad SMARTS) is 1. The fourth-order valence-corrected chi connectivity index (χ4v) is 0.757. The first-order valence-corrected chi connectivity index (χ1v) is 4.44. The van der Waals surface area contributed by atoms with Crippen LogP contribution in [0.4, 0.5) is 4.79 Å². The summed E-state index contributed by atoms with van der Waals surface area (Å²) >= 11 is 0. The van der Waals surface area contributed by atoms with Crippen molar-refractivity contribution in [3.8, 4) is 12.3 Å². The summed E-state index contributed by atoms with van der Waals surface area (Å²) in [6.45, 7) is 0.458. The molecule has 84 valence electrons. The normalized spacial score (nSPS) is 11.2. The SMILES string of the molecule is C#CCCNC(=O)NCCC(O)C(=O)O. The third-order valence-electron chi connectivity index (χ3n) is 1.54. The lowest BCUT2D eigenvalue weighted by Crippen LogP contribution is -2.38. The quantitative estimate of drug-likeness (QED) is 0.341. The van der Waals surface area contributed by atoms with Crippen molar-refractivity contribution in [3.05, 3.63) is 0 Å². The zero-order chi connectivity index (χ0) is 11.7. The molecule has 0 aliphatic carbocycles. The number of aliphatic hydroxyl groups excluding tert-OH is 1. The minimum absolute atomic E-state index is 0.0299. The van der Waals surface area contributed by atoms with Crippen LogP contribution >= 0.6 is 0 Å². The van der Waals surface area contributed by atoms with E-state index in [1.807, 2.05) is 0 Å². The number of hydrogen-bond acceptors (Lipinski definition) is 3. The lowest BCUT2D eigenvalue weighted by molar-refractivity contribution is -0.146. The maximum Gasteiger partial charge on any atom is 0.332 e. The molecule has 0 aliphatic rings. The number of carboxylic acids is 1. The summed E-state index contributed by atoms with van der Waals surface area (Å²) in [5.41, 5.74) is 0. The first-order chi connectivity index (χ1) is 7.07. The maximum absolute atomic E-state index is 10.9. The van der Waals surface area contributed by atoms with E-state index in [9.17, 15) is 9.59 Å². The van der Waals surface area contributed by atoms with Crippen molar-refractivity contribution >= 4 is 12.0 Å². The second-order valence-corrected chi connectivity index (χ2v) is 2.78. The molecule has 6 heteroatoms. The molecule has 0 fully saturated rings. The van der Waals surface area contributed by atoms with Crippen LogP contribution < -0.4 is 10.6 Å². The lowest BCUT2D eigenvalue weighted by Gasteiger charge is -2.07. The molecular formula is C9H14N2O4. The zero-order valence-corrected chi connectivity index (χ0v) is 8.19. The number of aliphatic carboxylic acids is 1. The Hall–Kier alpha value is -1.74.